The maximum absolute atomic E-state index is 11.8. The summed E-state index contributed by atoms with van der Waals surface area (Å²) >= 11 is 3.44. The summed E-state index contributed by atoms with van der Waals surface area (Å²) in [7, 11) is 1.64. The van der Waals surface area contributed by atoms with Crippen LogP contribution in [0, 0.1) is 0 Å². The van der Waals surface area contributed by atoms with E-state index in [9.17, 15) is 4.79 Å². The molecule has 0 bridgehead atoms. The molecular weight excluding hydrogens is 332 g/mol. The zero-order chi connectivity index (χ0) is 14.8. The van der Waals surface area contributed by atoms with Gasteiger partial charge >= 0.3 is 0 Å². The van der Waals surface area contributed by atoms with Crippen molar-refractivity contribution in [1.29, 1.82) is 0 Å². The fourth-order valence-electron chi connectivity index (χ4n) is 2.23. The Hall–Kier alpha value is -2.14. The fourth-order valence-corrected chi connectivity index (χ4v) is 2.58. The van der Waals surface area contributed by atoms with Crippen LogP contribution in [0.3, 0.4) is 0 Å². The number of benzene rings is 2. The summed E-state index contributed by atoms with van der Waals surface area (Å²) in [6, 6.07) is 13.4. The topological polar surface area (TPSA) is 44.1 Å². The molecule has 0 unspecified atom stereocenters. The van der Waals surface area contributed by atoms with Gasteiger partial charge in [0.1, 0.15) is 5.75 Å². The summed E-state index contributed by atoms with van der Waals surface area (Å²) in [5, 5.41) is 0.620. The van der Waals surface area contributed by atoms with Crippen molar-refractivity contribution >= 4 is 26.8 Å². The number of hydrogen-bond acceptors (Lipinski definition) is 3. The molecule has 106 valence electrons. The number of fused-ring (bicyclic) bond motifs is 1. The SMILES string of the molecule is COc1ccc(Cn2cnc(=O)c3ccc(Br)cc32)cc1. The van der Waals surface area contributed by atoms with Gasteiger partial charge in [0.05, 0.1) is 24.3 Å². The summed E-state index contributed by atoms with van der Waals surface area (Å²) in [6.07, 6.45) is 1.58. The van der Waals surface area contributed by atoms with Crippen molar-refractivity contribution in [3.8, 4) is 5.75 Å². The predicted molar refractivity (Wildman–Crippen MR) is 85.8 cm³/mol. The quantitative estimate of drug-likeness (QED) is 0.732. The van der Waals surface area contributed by atoms with Gasteiger partial charge in [-0.1, -0.05) is 28.1 Å². The number of hydrogen-bond donors (Lipinski definition) is 0. The third-order valence-corrected chi connectivity index (χ3v) is 3.82. The van der Waals surface area contributed by atoms with Crippen molar-refractivity contribution in [2.24, 2.45) is 0 Å². The first-order chi connectivity index (χ1) is 10.2. The number of nitrogens with zero attached hydrogens (tertiary/aromatic N) is 2. The van der Waals surface area contributed by atoms with Crippen LogP contribution in [0.15, 0.2) is 58.1 Å². The second kappa shape index (κ2) is 5.69. The zero-order valence-corrected chi connectivity index (χ0v) is 13.0. The van der Waals surface area contributed by atoms with Crippen LogP contribution in [-0.4, -0.2) is 16.7 Å². The molecular formula is C16H13BrN2O2. The van der Waals surface area contributed by atoms with Gasteiger partial charge in [-0.05, 0) is 35.9 Å². The minimum Gasteiger partial charge on any atom is -0.497 e. The lowest BCUT2D eigenvalue weighted by atomic mass is 10.2. The van der Waals surface area contributed by atoms with E-state index in [0.717, 1.165) is 21.3 Å². The van der Waals surface area contributed by atoms with Gasteiger partial charge in [-0.2, -0.15) is 4.98 Å². The van der Waals surface area contributed by atoms with E-state index in [1.165, 1.54) is 0 Å². The Labute approximate surface area is 130 Å². The highest BCUT2D eigenvalue weighted by Gasteiger charge is 2.05. The average molecular weight is 345 g/mol. The highest BCUT2D eigenvalue weighted by molar-refractivity contribution is 9.10. The molecule has 0 aliphatic heterocycles. The molecule has 0 N–H and O–H groups in total. The van der Waals surface area contributed by atoms with E-state index in [1.54, 1.807) is 19.5 Å². The molecule has 5 heteroatoms. The molecule has 0 aliphatic rings. The molecule has 0 atom stereocenters. The second-order valence-electron chi connectivity index (χ2n) is 4.69. The Balaban J connectivity index is 2.05. The molecule has 0 amide bonds. The molecule has 21 heavy (non-hydrogen) atoms. The van der Waals surface area contributed by atoms with E-state index in [1.807, 2.05) is 41.0 Å². The van der Waals surface area contributed by atoms with E-state index in [0.29, 0.717) is 11.9 Å². The van der Waals surface area contributed by atoms with E-state index >= 15 is 0 Å². The van der Waals surface area contributed by atoms with Crippen LogP contribution in [-0.2, 0) is 6.54 Å². The number of halogens is 1. The molecule has 1 heterocycles. The van der Waals surface area contributed by atoms with Crippen LogP contribution in [0.25, 0.3) is 10.9 Å². The monoisotopic (exact) mass is 344 g/mol. The van der Waals surface area contributed by atoms with Crippen LogP contribution < -0.4 is 10.3 Å². The maximum Gasteiger partial charge on any atom is 0.280 e. The normalized spacial score (nSPS) is 10.8. The van der Waals surface area contributed by atoms with Crippen molar-refractivity contribution in [2.75, 3.05) is 7.11 Å². The summed E-state index contributed by atoms with van der Waals surface area (Å²) in [6.45, 7) is 0.643. The van der Waals surface area contributed by atoms with Crippen LogP contribution in [0.4, 0.5) is 0 Å². The van der Waals surface area contributed by atoms with Crippen LogP contribution in [0.5, 0.6) is 5.75 Å². The Bertz CT molecular complexity index is 841. The largest absolute Gasteiger partial charge is 0.497 e. The maximum atomic E-state index is 11.8. The summed E-state index contributed by atoms with van der Waals surface area (Å²) in [5.41, 5.74) is 1.77. The lowest BCUT2D eigenvalue weighted by Gasteiger charge is -2.11. The summed E-state index contributed by atoms with van der Waals surface area (Å²) < 4.78 is 8.05. The predicted octanol–water partition coefficient (Wildman–Crippen LogP) is 3.22. The highest BCUT2D eigenvalue weighted by atomic mass is 79.9. The van der Waals surface area contributed by atoms with Crippen molar-refractivity contribution in [3.63, 3.8) is 0 Å². The number of aromatic nitrogens is 2. The van der Waals surface area contributed by atoms with Gasteiger partial charge in [0, 0.05) is 11.0 Å². The van der Waals surface area contributed by atoms with Gasteiger partial charge in [-0.3, -0.25) is 4.79 Å². The Kier molecular flexibility index (Phi) is 3.75. The highest BCUT2D eigenvalue weighted by Crippen LogP contribution is 2.18. The molecule has 2 aromatic carbocycles. The Morgan fingerprint density at radius 2 is 1.95 bits per heavy atom. The number of rotatable bonds is 3. The molecule has 3 rings (SSSR count). The van der Waals surface area contributed by atoms with Gasteiger partial charge in [-0.15, -0.1) is 0 Å². The average Bonchev–Trinajstić information content (AvgIpc) is 2.51. The Morgan fingerprint density at radius 3 is 2.67 bits per heavy atom. The van der Waals surface area contributed by atoms with Gasteiger partial charge in [0.25, 0.3) is 5.56 Å². The second-order valence-corrected chi connectivity index (χ2v) is 5.60. The van der Waals surface area contributed by atoms with Crippen molar-refractivity contribution in [2.45, 2.75) is 6.54 Å². The molecule has 3 aromatic rings. The molecule has 0 saturated carbocycles. The van der Waals surface area contributed by atoms with Gasteiger partial charge in [0.2, 0.25) is 0 Å². The zero-order valence-electron chi connectivity index (χ0n) is 11.4. The minimum atomic E-state index is -0.205. The first kappa shape index (κ1) is 13.8. The molecule has 0 saturated heterocycles. The molecule has 0 aliphatic carbocycles. The van der Waals surface area contributed by atoms with Gasteiger partial charge in [-0.25, -0.2) is 0 Å². The van der Waals surface area contributed by atoms with Crippen molar-refractivity contribution in [3.05, 3.63) is 69.2 Å². The van der Waals surface area contributed by atoms with E-state index in [-0.39, 0.29) is 5.56 Å². The van der Waals surface area contributed by atoms with Crippen LogP contribution >= 0.6 is 15.9 Å². The molecule has 4 nitrogen and oxygen atoms in total. The lowest BCUT2D eigenvalue weighted by Crippen LogP contribution is -2.13. The van der Waals surface area contributed by atoms with E-state index in [4.69, 9.17) is 4.74 Å². The summed E-state index contributed by atoms with van der Waals surface area (Å²) in [5.74, 6) is 0.824. The molecule has 0 spiro atoms. The number of ether oxygens (including phenoxy) is 1. The molecule has 1 aromatic heterocycles. The smallest absolute Gasteiger partial charge is 0.280 e. The standard InChI is InChI=1S/C16H13BrN2O2/c1-21-13-5-2-11(3-6-13)9-19-10-18-16(20)14-7-4-12(17)8-15(14)19/h2-8,10H,9H2,1H3. The fraction of sp³-hybridized carbons (Fsp3) is 0.125. The van der Waals surface area contributed by atoms with E-state index < -0.39 is 0 Å². The van der Waals surface area contributed by atoms with Crippen molar-refractivity contribution in [1.82, 2.24) is 9.55 Å². The molecule has 0 fully saturated rings. The third kappa shape index (κ3) is 2.83. The van der Waals surface area contributed by atoms with Crippen molar-refractivity contribution < 1.29 is 4.74 Å². The molecule has 0 radical (unpaired) electrons. The third-order valence-electron chi connectivity index (χ3n) is 3.33. The van der Waals surface area contributed by atoms with Gasteiger partial charge in [0.15, 0.2) is 0 Å². The first-order valence-corrected chi connectivity index (χ1v) is 7.24. The minimum absolute atomic E-state index is 0.205. The Morgan fingerprint density at radius 1 is 1.19 bits per heavy atom. The van der Waals surface area contributed by atoms with E-state index in [2.05, 4.69) is 20.9 Å². The van der Waals surface area contributed by atoms with Gasteiger partial charge < -0.3 is 9.30 Å². The van der Waals surface area contributed by atoms with Crippen LogP contribution in [0.1, 0.15) is 5.56 Å². The lowest BCUT2D eigenvalue weighted by molar-refractivity contribution is 0.414. The first-order valence-electron chi connectivity index (χ1n) is 6.45. The number of methoxy groups -OCH3 is 1. The van der Waals surface area contributed by atoms with Crippen LogP contribution in [0.2, 0.25) is 0 Å². The summed E-state index contributed by atoms with van der Waals surface area (Å²) in [4.78, 5) is 15.8.